The molecule has 106 valence electrons. The zero-order chi connectivity index (χ0) is 14.7. The summed E-state index contributed by atoms with van der Waals surface area (Å²) >= 11 is 17.8. The molecule has 1 unspecified atom stereocenters. The van der Waals surface area contributed by atoms with Crippen LogP contribution in [0.15, 0.2) is 36.4 Å². The van der Waals surface area contributed by atoms with Crippen LogP contribution in [0.25, 0.3) is 0 Å². The molecule has 0 heterocycles. The van der Waals surface area contributed by atoms with Gasteiger partial charge in [0.05, 0.1) is 0 Å². The van der Waals surface area contributed by atoms with Crippen LogP contribution in [0.3, 0.4) is 0 Å². The van der Waals surface area contributed by atoms with Gasteiger partial charge in [0.15, 0.2) is 0 Å². The van der Waals surface area contributed by atoms with Gasteiger partial charge in [0, 0.05) is 21.1 Å². The van der Waals surface area contributed by atoms with Gasteiger partial charge in [0.2, 0.25) is 0 Å². The zero-order valence-corrected chi connectivity index (χ0v) is 12.8. The van der Waals surface area contributed by atoms with Gasteiger partial charge in [0.25, 0.3) is 0 Å². The maximum absolute atomic E-state index is 13.6. The van der Waals surface area contributed by atoms with Crippen molar-refractivity contribution < 1.29 is 4.39 Å². The van der Waals surface area contributed by atoms with Crippen molar-refractivity contribution in [3.63, 3.8) is 0 Å². The van der Waals surface area contributed by atoms with Crippen LogP contribution in [0, 0.1) is 5.82 Å². The number of hydrogen-bond acceptors (Lipinski definition) is 1. The maximum Gasteiger partial charge on any atom is 0.126 e. The molecule has 2 aromatic carbocycles. The first-order valence-corrected chi connectivity index (χ1v) is 7.22. The average molecular weight is 333 g/mol. The molecule has 20 heavy (non-hydrogen) atoms. The van der Waals surface area contributed by atoms with Gasteiger partial charge < -0.3 is 5.73 Å². The van der Waals surface area contributed by atoms with Crippen molar-refractivity contribution in [2.24, 2.45) is 5.73 Å². The van der Waals surface area contributed by atoms with Gasteiger partial charge in [-0.05, 0) is 54.3 Å². The lowest BCUT2D eigenvalue weighted by Gasteiger charge is -2.14. The number of rotatable bonds is 4. The van der Waals surface area contributed by atoms with Gasteiger partial charge in [-0.3, -0.25) is 0 Å². The first-order chi connectivity index (χ1) is 9.45. The molecule has 0 aliphatic heterocycles. The fourth-order valence-electron chi connectivity index (χ4n) is 2.02. The first kappa shape index (κ1) is 15.6. The number of hydrogen-bond donors (Lipinski definition) is 1. The van der Waals surface area contributed by atoms with Crippen LogP contribution >= 0.6 is 34.8 Å². The Morgan fingerprint density at radius 3 is 2.20 bits per heavy atom. The van der Waals surface area contributed by atoms with Crippen LogP contribution < -0.4 is 5.73 Å². The lowest BCUT2D eigenvalue weighted by molar-refractivity contribution is 0.584. The van der Waals surface area contributed by atoms with Gasteiger partial charge in [-0.2, -0.15) is 0 Å². The van der Waals surface area contributed by atoms with Crippen LogP contribution in [0.5, 0.6) is 0 Å². The minimum absolute atomic E-state index is 0.248. The highest BCUT2D eigenvalue weighted by Crippen LogP contribution is 2.23. The molecule has 0 aliphatic rings. The summed E-state index contributed by atoms with van der Waals surface area (Å²) < 4.78 is 13.6. The molecule has 0 aliphatic carbocycles. The molecule has 1 atom stereocenters. The van der Waals surface area contributed by atoms with Crippen LogP contribution in [0.1, 0.15) is 11.1 Å². The molecule has 2 rings (SSSR count). The summed E-state index contributed by atoms with van der Waals surface area (Å²) in [6.45, 7) is 0. The van der Waals surface area contributed by atoms with E-state index in [0.717, 1.165) is 5.56 Å². The molecule has 0 amide bonds. The van der Waals surface area contributed by atoms with E-state index in [2.05, 4.69) is 0 Å². The third-order valence-electron chi connectivity index (χ3n) is 2.99. The van der Waals surface area contributed by atoms with E-state index in [9.17, 15) is 4.39 Å². The molecular weight excluding hydrogens is 320 g/mol. The van der Waals surface area contributed by atoms with Crippen molar-refractivity contribution in [3.8, 4) is 0 Å². The minimum atomic E-state index is -0.299. The molecule has 0 fully saturated rings. The van der Waals surface area contributed by atoms with E-state index in [0.29, 0.717) is 33.5 Å². The number of nitrogens with two attached hydrogens (primary N) is 1. The van der Waals surface area contributed by atoms with Gasteiger partial charge in [-0.1, -0.05) is 40.9 Å². The Balaban J connectivity index is 2.08. The molecular formula is C15H13Cl3FN. The number of halogens is 4. The van der Waals surface area contributed by atoms with E-state index in [4.69, 9.17) is 40.5 Å². The molecule has 0 radical (unpaired) electrons. The maximum atomic E-state index is 13.6. The van der Waals surface area contributed by atoms with Gasteiger partial charge in [-0.25, -0.2) is 4.39 Å². The Bertz CT molecular complexity index is 616. The largest absolute Gasteiger partial charge is 0.327 e. The topological polar surface area (TPSA) is 26.0 Å². The second kappa shape index (κ2) is 6.77. The van der Waals surface area contributed by atoms with Gasteiger partial charge >= 0.3 is 0 Å². The normalized spacial score (nSPS) is 12.4. The molecule has 0 saturated heterocycles. The Hall–Kier alpha value is -0.800. The van der Waals surface area contributed by atoms with Crippen LogP contribution in [0.2, 0.25) is 15.1 Å². The Morgan fingerprint density at radius 2 is 1.50 bits per heavy atom. The predicted octanol–water partition coefficient (Wildman–Crippen LogP) is 4.90. The second-order valence-corrected chi connectivity index (χ2v) is 5.92. The van der Waals surface area contributed by atoms with E-state index in [-0.39, 0.29) is 11.9 Å². The fourth-order valence-corrected chi connectivity index (χ4v) is 2.70. The van der Waals surface area contributed by atoms with Crippen molar-refractivity contribution in [1.29, 1.82) is 0 Å². The molecule has 0 bridgehead atoms. The molecule has 0 aromatic heterocycles. The smallest absolute Gasteiger partial charge is 0.126 e. The highest BCUT2D eigenvalue weighted by atomic mass is 35.5. The van der Waals surface area contributed by atoms with Crippen LogP contribution in [-0.2, 0) is 12.8 Å². The standard InChI is InChI=1S/C15H13Cl3FN/c16-11-3-4-15(19)10(5-11)7-13(20)6-9-1-2-12(17)8-14(9)18/h1-5,8,13H,6-7,20H2. The Labute approximate surface area is 132 Å². The zero-order valence-electron chi connectivity index (χ0n) is 10.5. The van der Waals surface area contributed by atoms with E-state index >= 15 is 0 Å². The van der Waals surface area contributed by atoms with E-state index in [1.165, 1.54) is 12.1 Å². The highest BCUT2D eigenvalue weighted by Gasteiger charge is 2.12. The Morgan fingerprint density at radius 1 is 0.900 bits per heavy atom. The van der Waals surface area contributed by atoms with Crippen LogP contribution in [-0.4, -0.2) is 6.04 Å². The molecule has 0 saturated carbocycles. The quantitative estimate of drug-likeness (QED) is 0.847. The summed E-state index contributed by atoms with van der Waals surface area (Å²) in [5.74, 6) is -0.299. The summed E-state index contributed by atoms with van der Waals surface area (Å²) in [4.78, 5) is 0. The third kappa shape index (κ3) is 4.10. The summed E-state index contributed by atoms with van der Waals surface area (Å²) in [6.07, 6.45) is 0.938. The van der Waals surface area contributed by atoms with E-state index in [1.54, 1.807) is 18.2 Å². The minimum Gasteiger partial charge on any atom is -0.327 e. The number of benzene rings is 2. The van der Waals surface area contributed by atoms with Crippen LogP contribution in [0.4, 0.5) is 4.39 Å². The Kier molecular flexibility index (Phi) is 5.28. The molecule has 2 aromatic rings. The molecule has 0 spiro atoms. The van der Waals surface area contributed by atoms with Gasteiger partial charge in [-0.15, -0.1) is 0 Å². The van der Waals surface area contributed by atoms with E-state index < -0.39 is 0 Å². The van der Waals surface area contributed by atoms with Crippen molar-refractivity contribution in [1.82, 2.24) is 0 Å². The second-order valence-electron chi connectivity index (χ2n) is 4.64. The van der Waals surface area contributed by atoms with Crippen molar-refractivity contribution in [2.75, 3.05) is 0 Å². The highest BCUT2D eigenvalue weighted by molar-refractivity contribution is 6.35. The fraction of sp³-hybridized carbons (Fsp3) is 0.200. The summed E-state index contributed by atoms with van der Waals surface area (Å²) in [5, 5.41) is 1.64. The average Bonchev–Trinajstić information content (AvgIpc) is 2.37. The van der Waals surface area contributed by atoms with Crippen molar-refractivity contribution >= 4 is 34.8 Å². The summed E-state index contributed by atoms with van der Waals surface area (Å²) in [5.41, 5.74) is 7.47. The molecule has 5 heteroatoms. The third-order valence-corrected chi connectivity index (χ3v) is 3.81. The predicted molar refractivity (Wildman–Crippen MR) is 83.3 cm³/mol. The molecule has 1 nitrogen and oxygen atoms in total. The van der Waals surface area contributed by atoms with Crippen molar-refractivity contribution in [2.45, 2.75) is 18.9 Å². The van der Waals surface area contributed by atoms with E-state index in [1.807, 2.05) is 6.07 Å². The first-order valence-electron chi connectivity index (χ1n) is 6.09. The lowest BCUT2D eigenvalue weighted by atomic mass is 9.99. The van der Waals surface area contributed by atoms with Gasteiger partial charge in [0.1, 0.15) is 5.82 Å². The lowest BCUT2D eigenvalue weighted by Crippen LogP contribution is -2.26. The summed E-state index contributed by atoms with van der Waals surface area (Å²) in [6, 6.07) is 9.48. The SMILES string of the molecule is NC(Cc1cc(Cl)ccc1F)Cc1ccc(Cl)cc1Cl. The molecule has 2 N–H and O–H groups in total. The summed E-state index contributed by atoms with van der Waals surface area (Å²) in [7, 11) is 0. The van der Waals surface area contributed by atoms with Crippen molar-refractivity contribution in [3.05, 3.63) is 68.4 Å². The monoisotopic (exact) mass is 331 g/mol.